The van der Waals surface area contributed by atoms with Gasteiger partial charge < -0.3 is 9.15 Å². The van der Waals surface area contributed by atoms with Crippen LogP contribution in [-0.4, -0.2) is 29.0 Å². The van der Waals surface area contributed by atoms with Crippen molar-refractivity contribution in [2.24, 2.45) is 0 Å². The number of benzene rings is 2. The first-order valence-corrected chi connectivity index (χ1v) is 10.6. The van der Waals surface area contributed by atoms with E-state index in [0.29, 0.717) is 27.2 Å². The third-order valence-corrected chi connectivity index (χ3v) is 5.72. The molecule has 2 amide bonds. The van der Waals surface area contributed by atoms with Crippen molar-refractivity contribution in [2.45, 2.75) is 0 Å². The second kappa shape index (κ2) is 8.96. The molecule has 33 heavy (non-hydrogen) atoms. The van der Waals surface area contributed by atoms with E-state index in [-0.39, 0.29) is 22.1 Å². The fraction of sp³-hybridized carbons (Fsp3) is 0.0455. The van der Waals surface area contributed by atoms with Gasteiger partial charge >= 0.3 is 0 Å². The van der Waals surface area contributed by atoms with Gasteiger partial charge in [0, 0.05) is 22.2 Å². The zero-order valence-corrected chi connectivity index (χ0v) is 19.3. The summed E-state index contributed by atoms with van der Waals surface area (Å²) in [4.78, 5) is 37.2. The van der Waals surface area contributed by atoms with Crippen LogP contribution in [0, 0.1) is 10.1 Å². The summed E-state index contributed by atoms with van der Waals surface area (Å²) in [5.41, 5.74) is 0.805. The Balaban J connectivity index is 1.65. The Morgan fingerprint density at radius 2 is 1.88 bits per heavy atom. The predicted octanol–water partition coefficient (Wildman–Crippen LogP) is 4.46. The number of nitro groups is 1. The summed E-state index contributed by atoms with van der Waals surface area (Å²) in [6.07, 6.45) is 1.32. The van der Waals surface area contributed by atoms with Crippen LogP contribution in [-0.2, 0) is 9.59 Å². The molecular formula is C22H14BrN3O6S. The van der Waals surface area contributed by atoms with E-state index in [4.69, 9.17) is 21.4 Å². The van der Waals surface area contributed by atoms with Gasteiger partial charge in [0.25, 0.3) is 17.5 Å². The van der Waals surface area contributed by atoms with E-state index in [1.54, 1.807) is 42.5 Å². The first-order valence-electron chi connectivity index (χ1n) is 9.38. The van der Waals surface area contributed by atoms with Crippen LogP contribution >= 0.6 is 28.1 Å². The van der Waals surface area contributed by atoms with Crippen LogP contribution in [0.25, 0.3) is 17.4 Å². The Morgan fingerprint density at radius 3 is 2.52 bits per heavy atom. The van der Waals surface area contributed by atoms with Gasteiger partial charge in [-0.2, -0.15) is 0 Å². The minimum Gasteiger partial charge on any atom is -0.497 e. The fourth-order valence-corrected chi connectivity index (χ4v) is 4.00. The van der Waals surface area contributed by atoms with Crippen molar-refractivity contribution in [3.63, 3.8) is 0 Å². The number of nitrogens with zero attached hydrogens (tertiary/aromatic N) is 2. The monoisotopic (exact) mass is 527 g/mol. The molecule has 0 unspecified atom stereocenters. The maximum atomic E-state index is 13.1. The second-order valence-electron chi connectivity index (χ2n) is 6.78. The number of furan rings is 1. The zero-order valence-electron chi connectivity index (χ0n) is 16.9. The van der Waals surface area contributed by atoms with Crippen molar-refractivity contribution >= 4 is 62.5 Å². The standard InChI is InChI=1S/C22H14BrN3O6S/c1-31-14-5-2-12(3-6-14)25-21(28)17(20(27)24-22(25)33)11-15-7-9-19(32-15)16-8-4-13(26(29)30)10-18(16)23/h2-11H,1H3,(H,24,27,33)/b17-11+. The van der Waals surface area contributed by atoms with Crippen LogP contribution in [0.5, 0.6) is 5.75 Å². The molecule has 2 aromatic carbocycles. The molecule has 0 radical (unpaired) electrons. The van der Waals surface area contributed by atoms with Gasteiger partial charge in [0.1, 0.15) is 22.8 Å². The molecule has 4 rings (SSSR count). The van der Waals surface area contributed by atoms with Crippen molar-refractivity contribution in [1.82, 2.24) is 5.32 Å². The number of rotatable bonds is 5. The van der Waals surface area contributed by atoms with Crippen LogP contribution in [0.4, 0.5) is 11.4 Å². The number of nitro benzene ring substituents is 1. The summed E-state index contributed by atoms with van der Waals surface area (Å²) in [6.45, 7) is 0. The number of carbonyl (C=O) groups excluding carboxylic acids is 2. The summed E-state index contributed by atoms with van der Waals surface area (Å²) >= 11 is 8.49. The van der Waals surface area contributed by atoms with Crippen molar-refractivity contribution in [1.29, 1.82) is 0 Å². The van der Waals surface area contributed by atoms with Crippen molar-refractivity contribution in [3.05, 3.63) is 80.5 Å². The van der Waals surface area contributed by atoms with E-state index in [1.165, 1.54) is 30.2 Å². The highest BCUT2D eigenvalue weighted by Gasteiger charge is 2.34. The lowest BCUT2D eigenvalue weighted by molar-refractivity contribution is -0.384. The molecule has 9 nitrogen and oxygen atoms in total. The molecule has 3 aromatic rings. The van der Waals surface area contributed by atoms with E-state index < -0.39 is 16.7 Å². The van der Waals surface area contributed by atoms with Crippen LogP contribution in [0.1, 0.15) is 5.76 Å². The highest BCUT2D eigenvalue weighted by Crippen LogP contribution is 2.33. The summed E-state index contributed by atoms with van der Waals surface area (Å²) < 4.78 is 11.4. The van der Waals surface area contributed by atoms with Gasteiger partial charge in [0.2, 0.25) is 0 Å². The second-order valence-corrected chi connectivity index (χ2v) is 8.02. The first kappa shape index (κ1) is 22.4. The summed E-state index contributed by atoms with van der Waals surface area (Å²) in [6, 6.07) is 14.1. The Labute approximate surface area is 200 Å². The predicted molar refractivity (Wildman–Crippen MR) is 128 cm³/mol. The maximum absolute atomic E-state index is 13.1. The third kappa shape index (κ3) is 4.41. The largest absolute Gasteiger partial charge is 0.497 e. The lowest BCUT2D eigenvalue weighted by atomic mass is 10.1. The molecule has 1 aromatic heterocycles. The van der Waals surface area contributed by atoms with Gasteiger partial charge in [-0.1, -0.05) is 0 Å². The fourth-order valence-electron chi connectivity index (χ4n) is 3.16. The number of amides is 2. The maximum Gasteiger partial charge on any atom is 0.270 e. The molecule has 0 saturated carbocycles. The summed E-state index contributed by atoms with van der Waals surface area (Å²) in [5, 5.41) is 13.4. The Bertz CT molecular complexity index is 1330. The van der Waals surface area contributed by atoms with E-state index in [2.05, 4.69) is 21.2 Å². The van der Waals surface area contributed by atoms with Crippen molar-refractivity contribution in [3.8, 4) is 17.1 Å². The number of nitrogens with one attached hydrogen (secondary N) is 1. The molecular weight excluding hydrogens is 514 g/mol. The Hall–Kier alpha value is -3.83. The van der Waals surface area contributed by atoms with Gasteiger partial charge in [0.15, 0.2) is 5.11 Å². The van der Waals surface area contributed by atoms with Crippen LogP contribution in [0.3, 0.4) is 0 Å². The molecule has 166 valence electrons. The average Bonchev–Trinajstić information content (AvgIpc) is 3.25. The lowest BCUT2D eigenvalue weighted by Crippen LogP contribution is -2.54. The molecule has 1 saturated heterocycles. The summed E-state index contributed by atoms with van der Waals surface area (Å²) in [7, 11) is 1.53. The Kier molecular flexibility index (Phi) is 6.07. The van der Waals surface area contributed by atoms with Gasteiger partial charge in [-0.25, -0.2) is 0 Å². The number of hydrogen-bond donors (Lipinski definition) is 1. The van der Waals surface area contributed by atoms with Gasteiger partial charge in [-0.15, -0.1) is 0 Å². The number of methoxy groups -OCH3 is 1. The third-order valence-electron chi connectivity index (χ3n) is 4.77. The SMILES string of the molecule is COc1ccc(N2C(=O)/C(=C/c3ccc(-c4ccc([N+](=O)[O-])cc4Br)o3)C(=O)NC2=S)cc1. The minimum atomic E-state index is -0.649. The molecule has 0 spiro atoms. The van der Waals surface area contributed by atoms with E-state index >= 15 is 0 Å². The van der Waals surface area contributed by atoms with Gasteiger partial charge in [-0.3, -0.25) is 29.9 Å². The van der Waals surface area contributed by atoms with Crippen LogP contribution in [0.2, 0.25) is 0 Å². The average molecular weight is 528 g/mol. The van der Waals surface area contributed by atoms with Gasteiger partial charge in [-0.05, 0) is 76.7 Å². The van der Waals surface area contributed by atoms with Gasteiger partial charge in [0.05, 0.1) is 17.7 Å². The molecule has 1 aliphatic rings. The quantitative estimate of drug-likeness (QED) is 0.171. The highest BCUT2D eigenvalue weighted by atomic mass is 79.9. The minimum absolute atomic E-state index is 0.0396. The van der Waals surface area contributed by atoms with E-state index in [1.807, 2.05) is 0 Å². The molecule has 2 heterocycles. The molecule has 0 atom stereocenters. The van der Waals surface area contributed by atoms with Crippen LogP contribution in [0.15, 0.2) is 69.1 Å². The zero-order chi connectivity index (χ0) is 23.7. The number of anilines is 1. The number of non-ortho nitro benzene ring substituents is 1. The lowest BCUT2D eigenvalue weighted by Gasteiger charge is -2.28. The number of thiocarbonyl (C=S) groups is 1. The molecule has 0 aliphatic carbocycles. The number of ether oxygens (including phenoxy) is 1. The first-order chi connectivity index (χ1) is 15.8. The molecule has 0 bridgehead atoms. The van der Waals surface area contributed by atoms with Crippen molar-refractivity contribution in [2.75, 3.05) is 12.0 Å². The molecule has 1 aliphatic heterocycles. The molecule has 11 heteroatoms. The van der Waals surface area contributed by atoms with E-state index in [0.717, 1.165) is 0 Å². The van der Waals surface area contributed by atoms with Crippen LogP contribution < -0.4 is 15.0 Å². The van der Waals surface area contributed by atoms with Crippen molar-refractivity contribution < 1.29 is 23.7 Å². The molecule has 1 N–H and O–H groups in total. The number of hydrogen-bond acceptors (Lipinski definition) is 7. The normalized spacial score (nSPS) is 15.0. The molecule has 1 fully saturated rings. The number of halogens is 1. The topological polar surface area (TPSA) is 115 Å². The summed E-state index contributed by atoms with van der Waals surface area (Å²) in [5.74, 6) is -0.00636. The smallest absolute Gasteiger partial charge is 0.270 e. The van der Waals surface area contributed by atoms with E-state index in [9.17, 15) is 19.7 Å². The highest BCUT2D eigenvalue weighted by molar-refractivity contribution is 9.10. The Morgan fingerprint density at radius 1 is 1.15 bits per heavy atom. The number of carbonyl (C=O) groups is 2.